The number of nitrogens with one attached hydrogen (secondary N) is 2. The lowest BCUT2D eigenvalue weighted by molar-refractivity contribution is 0.0734. The van der Waals surface area contributed by atoms with Crippen molar-refractivity contribution in [2.75, 3.05) is 11.9 Å². The van der Waals surface area contributed by atoms with Crippen molar-refractivity contribution < 1.29 is 14.3 Å². The fourth-order valence-electron chi connectivity index (χ4n) is 3.39. The van der Waals surface area contributed by atoms with Gasteiger partial charge in [0, 0.05) is 16.3 Å². The molecule has 0 unspecified atom stereocenters. The highest BCUT2D eigenvalue weighted by Gasteiger charge is 2.14. The van der Waals surface area contributed by atoms with Crippen molar-refractivity contribution in [1.29, 1.82) is 0 Å². The van der Waals surface area contributed by atoms with Crippen molar-refractivity contribution in [1.82, 2.24) is 5.43 Å². The number of halogens is 1. The molecule has 4 aromatic rings. The average Bonchev–Trinajstić information content (AvgIpc) is 2.85. The standard InChI is InChI=1S/C27H22ClN3O3S/c1-2-33-22-13-10-19(11-14-22)26(32)34-25-15-12-18-6-3-4-9-23(18)24(25)17-29-31-27(35)30-21-8-5-7-20(28)16-21/h3-17H,2H2,1H3,(H2,30,31,35). The van der Waals surface area contributed by atoms with E-state index in [9.17, 15) is 4.79 Å². The Balaban J connectivity index is 1.54. The van der Waals surface area contributed by atoms with E-state index in [1.54, 1.807) is 48.7 Å². The van der Waals surface area contributed by atoms with Crippen LogP contribution in [0.4, 0.5) is 5.69 Å². The Morgan fingerprint density at radius 2 is 1.83 bits per heavy atom. The number of hydrazone groups is 1. The Morgan fingerprint density at radius 3 is 2.60 bits per heavy atom. The van der Waals surface area contributed by atoms with E-state index in [1.165, 1.54) is 0 Å². The quantitative estimate of drug-likeness (QED) is 0.0995. The molecule has 0 aliphatic rings. The summed E-state index contributed by atoms with van der Waals surface area (Å²) >= 11 is 11.3. The van der Waals surface area contributed by atoms with Crippen LogP contribution in [0.2, 0.25) is 5.02 Å². The van der Waals surface area contributed by atoms with E-state index in [2.05, 4.69) is 15.8 Å². The van der Waals surface area contributed by atoms with Crippen molar-refractivity contribution in [3.63, 3.8) is 0 Å². The number of nitrogens with zero attached hydrogens (tertiary/aromatic N) is 1. The van der Waals surface area contributed by atoms with Crippen LogP contribution in [0, 0.1) is 0 Å². The third-order valence-corrected chi connectivity index (χ3v) is 5.41. The van der Waals surface area contributed by atoms with E-state index < -0.39 is 5.97 Å². The summed E-state index contributed by atoms with van der Waals surface area (Å²) < 4.78 is 11.2. The summed E-state index contributed by atoms with van der Waals surface area (Å²) in [6, 6.07) is 25.4. The molecular formula is C27H22ClN3O3S. The van der Waals surface area contributed by atoms with Gasteiger partial charge in [0.2, 0.25) is 0 Å². The molecule has 0 aliphatic carbocycles. The minimum absolute atomic E-state index is 0.289. The van der Waals surface area contributed by atoms with Gasteiger partial charge in [-0.3, -0.25) is 5.43 Å². The maximum Gasteiger partial charge on any atom is 0.343 e. The van der Waals surface area contributed by atoms with Gasteiger partial charge in [0.25, 0.3) is 0 Å². The van der Waals surface area contributed by atoms with Crippen LogP contribution in [0.15, 0.2) is 90.0 Å². The minimum atomic E-state index is -0.482. The number of hydrogen-bond donors (Lipinski definition) is 2. The summed E-state index contributed by atoms with van der Waals surface area (Å²) in [5.41, 5.74) is 4.57. The van der Waals surface area contributed by atoms with Gasteiger partial charge >= 0.3 is 5.97 Å². The van der Waals surface area contributed by atoms with Crippen LogP contribution in [0.5, 0.6) is 11.5 Å². The monoisotopic (exact) mass is 503 g/mol. The molecule has 35 heavy (non-hydrogen) atoms. The number of rotatable bonds is 7. The highest BCUT2D eigenvalue weighted by atomic mass is 35.5. The van der Waals surface area contributed by atoms with E-state index in [-0.39, 0.29) is 5.11 Å². The molecule has 0 radical (unpaired) electrons. The Morgan fingerprint density at radius 1 is 1.03 bits per heavy atom. The van der Waals surface area contributed by atoms with Crippen LogP contribution in [0.25, 0.3) is 10.8 Å². The summed E-state index contributed by atoms with van der Waals surface area (Å²) in [5, 5.41) is 10.0. The molecular weight excluding hydrogens is 482 g/mol. The molecule has 0 heterocycles. The van der Waals surface area contributed by atoms with Crippen LogP contribution in [-0.2, 0) is 0 Å². The number of fused-ring (bicyclic) bond motifs is 1. The van der Waals surface area contributed by atoms with E-state index in [0.29, 0.717) is 34.3 Å². The molecule has 6 nitrogen and oxygen atoms in total. The lowest BCUT2D eigenvalue weighted by Gasteiger charge is -2.11. The molecule has 0 atom stereocenters. The van der Waals surface area contributed by atoms with Crippen LogP contribution in [-0.4, -0.2) is 23.9 Å². The molecule has 8 heteroatoms. The second-order valence-corrected chi connectivity index (χ2v) is 8.22. The second-order valence-electron chi connectivity index (χ2n) is 7.38. The summed E-state index contributed by atoms with van der Waals surface area (Å²) in [4.78, 5) is 12.8. The SMILES string of the molecule is CCOc1ccc(C(=O)Oc2ccc3ccccc3c2C=NNC(=S)Nc2cccc(Cl)c2)cc1. The molecule has 2 N–H and O–H groups in total. The molecule has 4 aromatic carbocycles. The van der Waals surface area contributed by atoms with Crippen molar-refractivity contribution >= 4 is 57.6 Å². The molecule has 0 aliphatic heterocycles. The van der Waals surface area contributed by atoms with Crippen LogP contribution in [0.3, 0.4) is 0 Å². The van der Waals surface area contributed by atoms with Crippen LogP contribution >= 0.6 is 23.8 Å². The van der Waals surface area contributed by atoms with Gasteiger partial charge in [-0.05, 0) is 78.4 Å². The molecule has 4 rings (SSSR count). The number of carbonyl (C=O) groups is 1. The van der Waals surface area contributed by atoms with Crippen molar-refractivity contribution in [3.8, 4) is 11.5 Å². The first-order valence-corrected chi connectivity index (χ1v) is 11.6. The largest absolute Gasteiger partial charge is 0.494 e. The Bertz CT molecular complexity index is 1390. The Hall–Kier alpha value is -3.94. The predicted molar refractivity (Wildman–Crippen MR) is 145 cm³/mol. The number of benzene rings is 4. The highest BCUT2D eigenvalue weighted by molar-refractivity contribution is 7.80. The molecule has 0 aromatic heterocycles. The van der Waals surface area contributed by atoms with Gasteiger partial charge in [0.1, 0.15) is 11.5 Å². The minimum Gasteiger partial charge on any atom is -0.494 e. The normalized spacial score (nSPS) is 10.8. The van der Waals surface area contributed by atoms with Gasteiger partial charge in [-0.15, -0.1) is 0 Å². The first kappa shape index (κ1) is 24.2. The van der Waals surface area contributed by atoms with E-state index in [1.807, 2.05) is 49.4 Å². The molecule has 176 valence electrons. The van der Waals surface area contributed by atoms with E-state index >= 15 is 0 Å². The fraction of sp³-hybridized carbons (Fsp3) is 0.0741. The van der Waals surface area contributed by atoms with Crippen molar-refractivity contribution in [2.45, 2.75) is 6.92 Å². The van der Waals surface area contributed by atoms with Crippen LogP contribution < -0.4 is 20.2 Å². The molecule has 0 bridgehead atoms. The molecule has 0 fully saturated rings. The predicted octanol–water partition coefficient (Wildman–Crippen LogP) is 6.43. The number of anilines is 1. The second kappa shape index (κ2) is 11.5. The van der Waals surface area contributed by atoms with Crippen molar-refractivity contribution in [3.05, 3.63) is 101 Å². The van der Waals surface area contributed by atoms with Crippen LogP contribution in [0.1, 0.15) is 22.8 Å². The molecule has 0 amide bonds. The van der Waals surface area contributed by atoms with Gasteiger partial charge in [-0.25, -0.2) is 4.79 Å². The molecule has 0 saturated carbocycles. The summed E-state index contributed by atoms with van der Waals surface area (Å²) in [6.07, 6.45) is 1.58. The van der Waals surface area contributed by atoms with Gasteiger partial charge in [0.15, 0.2) is 5.11 Å². The Kier molecular flexibility index (Phi) is 7.92. The summed E-state index contributed by atoms with van der Waals surface area (Å²) in [6.45, 7) is 2.45. The highest BCUT2D eigenvalue weighted by Crippen LogP contribution is 2.27. The third kappa shape index (κ3) is 6.35. The summed E-state index contributed by atoms with van der Waals surface area (Å²) in [7, 11) is 0. The van der Waals surface area contributed by atoms with Gasteiger partial charge in [-0.2, -0.15) is 5.10 Å². The number of carbonyl (C=O) groups excluding carboxylic acids is 1. The fourth-order valence-corrected chi connectivity index (χ4v) is 3.75. The zero-order chi connectivity index (χ0) is 24.6. The van der Waals surface area contributed by atoms with Gasteiger partial charge in [-0.1, -0.05) is 48.0 Å². The Labute approximate surface area is 213 Å². The lowest BCUT2D eigenvalue weighted by atomic mass is 10.0. The average molecular weight is 504 g/mol. The maximum absolute atomic E-state index is 12.8. The first-order chi connectivity index (χ1) is 17.0. The maximum atomic E-state index is 12.8. The topological polar surface area (TPSA) is 72.0 Å². The zero-order valence-electron chi connectivity index (χ0n) is 18.8. The lowest BCUT2D eigenvalue weighted by Crippen LogP contribution is -2.23. The van der Waals surface area contributed by atoms with Gasteiger partial charge < -0.3 is 14.8 Å². The number of esters is 1. The number of ether oxygens (including phenoxy) is 2. The third-order valence-electron chi connectivity index (χ3n) is 4.98. The van der Waals surface area contributed by atoms with Gasteiger partial charge in [0.05, 0.1) is 18.4 Å². The molecule has 0 spiro atoms. The number of thiocarbonyl (C=S) groups is 1. The first-order valence-electron chi connectivity index (χ1n) is 10.9. The summed E-state index contributed by atoms with van der Waals surface area (Å²) in [5.74, 6) is 0.585. The number of hydrogen-bond acceptors (Lipinski definition) is 5. The zero-order valence-corrected chi connectivity index (χ0v) is 20.4. The van der Waals surface area contributed by atoms with E-state index in [0.717, 1.165) is 16.5 Å². The molecule has 0 saturated heterocycles. The van der Waals surface area contributed by atoms with E-state index in [4.69, 9.17) is 33.3 Å². The van der Waals surface area contributed by atoms with Crippen molar-refractivity contribution in [2.24, 2.45) is 5.10 Å². The smallest absolute Gasteiger partial charge is 0.343 e.